The highest BCUT2D eigenvalue weighted by Gasteiger charge is 2.35. The fraction of sp³-hybridized carbons (Fsp3) is 0.391. The van der Waals surface area contributed by atoms with Crippen molar-refractivity contribution in [1.29, 1.82) is 0 Å². The second-order valence-electron chi connectivity index (χ2n) is 8.31. The van der Waals surface area contributed by atoms with E-state index in [1.807, 2.05) is 38.2 Å². The van der Waals surface area contributed by atoms with Gasteiger partial charge in [0.25, 0.3) is 0 Å². The smallest absolute Gasteiger partial charge is 0.200 e. The van der Waals surface area contributed by atoms with Gasteiger partial charge in [-0.15, -0.1) is 0 Å². The number of nitrogens with zero attached hydrogens (tertiary/aromatic N) is 4. The van der Waals surface area contributed by atoms with Gasteiger partial charge in [0.05, 0.1) is 35.4 Å². The molecule has 4 N–H and O–H groups in total. The van der Waals surface area contributed by atoms with Crippen LogP contribution in [0.1, 0.15) is 15.9 Å². The molecule has 0 amide bonds. The van der Waals surface area contributed by atoms with E-state index in [9.17, 15) is 15.0 Å². The number of phenols is 2. The molecule has 9 nitrogen and oxygen atoms in total. The maximum atomic E-state index is 13.7. The Balaban J connectivity index is 1.91. The number of carbonyl (C=O) groups is 1. The summed E-state index contributed by atoms with van der Waals surface area (Å²) >= 11 is 0. The Hall–Kier alpha value is -3.14. The Morgan fingerprint density at radius 2 is 1.69 bits per heavy atom. The van der Waals surface area contributed by atoms with Crippen molar-refractivity contribution < 1.29 is 20.1 Å². The summed E-state index contributed by atoms with van der Waals surface area (Å²) in [5.41, 5.74) is 2.87. The summed E-state index contributed by atoms with van der Waals surface area (Å²) in [6.45, 7) is 3.17. The van der Waals surface area contributed by atoms with Crippen molar-refractivity contribution in [2.24, 2.45) is 0 Å². The number of nitrogens with one attached hydrogen (secondary N) is 1. The van der Waals surface area contributed by atoms with Crippen molar-refractivity contribution in [3.05, 3.63) is 35.4 Å². The number of aromatic hydroxyl groups is 2. The predicted octanol–water partition coefficient (Wildman–Crippen LogP) is 1.24. The van der Waals surface area contributed by atoms with Crippen LogP contribution in [-0.4, -0.2) is 89.7 Å². The monoisotopic (exact) mass is 439 g/mol. The van der Waals surface area contributed by atoms with Gasteiger partial charge >= 0.3 is 0 Å². The normalized spacial score (nSPS) is 12.6. The first kappa shape index (κ1) is 22.1. The van der Waals surface area contributed by atoms with Crippen molar-refractivity contribution in [1.82, 2.24) is 20.0 Å². The quantitative estimate of drug-likeness (QED) is 0.228. The molecule has 0 bridgehead atoms. The van der Waals surface area contributed by atoms with Crippen molar-refractivity contribution in [2.45, 2.75) is 6.54 Å². The fourth-order valence-corrected chi connectivity index (χ4v) is 4.19. The van der Waals surface area contributed by atoms with Gasteiger partial charge in [0.15, 0.2) is 5.78 Å². The fourth-order valence-electron chi connectivity index (χ4n) is 4.19. The van der Waals surface area contributed by atoms with Crippen LogP contribution in [0.3, 0.4) is 0 Å². The maximum absolute atomic E-state index is 13.7. The van der Waals surface area contributed by atoms with E-state index >= 15 is 0 Å². The summed E-state index contributed by atoms with van der Waals surface area (Å²) in [6, 6.07) is 6.58. The molecule has 1 heterocycles. The minimum atomic E-state index is -0.323. The van der Waals surface area contributed by atoms with Crippen molar-refractivity contribution in [2.75, 3.05) is 58.8 Å². The van der Waals surface area contributed by atoms with Crippen LogP contribution in [0.25, 0.3) is 22.2 Å². The molecular weight excluding hydrogens is 410 g/mol. The highest BCUT2D eigenvalue weighted by Crippen LogP contribution is 2.48. The molecule has 0 fully saturated rings. The number of hydrogen-bond acceptors (Lipinski definition) is 8. The van der Waals surface area contributed by atoms with E-state index in [2.05, 4.69) is 10.2 Å². The predicted molar refractivity (Wildman–Crippen MR) is 124 cm³/mol. The molecule has 32 heavy (non-hydrogen) atoms. The number of benzene rings is 2. The molecule has 1 aliphatic rings. The Bertz CT molecular complexity index is 1170. The molecule has 0 spiro atoms. The Morgan fingerprint density at radius 3 is 2.38 bits per heavy atom. The SMILES string of the molecule is CN(C)CCN(C)c1ccc2c3c(nn2CCNCCO)-c2c(O)ccc(O)c2C(=O)c13. The van der Waals surface area contributed by atoms with E-state index in [0.717, 1.165) is 17.7 Å². The van der Waals surface area contributed by atoms with Crippen LogP contribution in [0.15, 0.2) is 24.3 Å². The minimum Gasteiger partial charge on any atom is -0.507 e. The number of ketones is 1. The lowest BCUT2D eigenvalue weighted by Crippen LogP contribution is -2.30. The van der Waals surface area contributed by atoms with Crippen molar-refractivity contribution in [3.63, 3.8) is 0 Å². The molecule has 0 unspecified atom stereocenters. The number of hydrogen-bond donors (Lipinski definition) is 4. The van der Waals surface area contributed by atoms with Crippen LogP contribution < -0.4 is 10.2 Å². The van der Waals surface area contributed by atoms with Crippen molar-refractivity contribution in [3.8, 4) is 22.8 Å². The number of aromatic nitrogens is 2. The number of aliphatic hydroxyl groups excluding tert-OH is 1. The number of phenolic OH excluding ortho intramolecular Hbond substituents is 2. The minimum absolute atomic E-state index is 0.0485. The molecule has 9 heteroatoms. The molecule has 0 radical (unpaired) electrons. The van der Waals surface area contributed by atoms with Gasteiger partial charge in [-0.3, -0.25) is 9.48 Å². The third-order valence-corrected chi connectivity index (χ3v) is 5.83. The van der Waals surface area contributed by atoms with Gasteiger partial charge in [-0.25, -0.2) is 0 Å². The molecular formula is C23H29N5O4. The summed E-state index contributed by atoms with van der Waals surface area (Å²) in [5.74, 6) is -0.587. The lowest BCUT2D eigenvalue weighted by Gasteiger charge is -2.26. The molecule has 0 saturated heterocycles. The number of anilines is 1. The first-order valence-electron chi connectivity index (χ1n) is 10.7. The highest BCUT2D eigenvalue weighted by atomic mass is 16.3. The topological polar surface area (TPSA) is 114 Å². The van der Waals surface area contributed by atoms with E-state index in [1.165, 1.54) is 12.1 Å². The van der Waals surface area contributed by atoms with Gasteiger partial charge in [-0.05, 0) is 38.4 Å². The lowest BCUT2D eigenvalue weighted by atomic mass is 9.85. The molecule has 0 atom stereocenters. The van der Waals surface area contributed by atoms with Crippen molar-refractivity contribution >= 4 is 22.4 Å². The summed E-state index contributed by atoms with van der Waals surface area (Å²) < 4.78 is 1.80. The molecule has 4 rings (SSSR count). The molecule has 2 aromatic carbocycles. The van der Waals surface area contributed by atoms with Gasteiger partial charge < -0.3 is 30.4 Å². The zero-order chi connectivity index (χ0) is 23.0. The zero-order valence-corrected chi connectivity index (χ0v) is 18.6. The van der Waals surface area contributed by atoms with Gasteiger partial charge in [0, 0.05) is 44.3 Å². The second-order valence-corrected chi connectivity index (χ2v) is 8.31. The van der Waals surface area contributed by atoms with Crippen LogP contribution in [0.2, 0.25) is 0 Å². The molecule has 170 valence electrons. The summed E-state index contributed by atoms with van der Waals surface area (Å²) in [6.07, 6.45) is 0. The second kappa shape index (κ2) is 8.78. The van der Waals surface area contributed by atoms with Crippen LogP contribution in [-0.2, 0) is 6.54 Å². The average Bonchev–Trinajstić information content (AvgIpc) is 3.13. The molecule has 1 aromatic heterocycles. The zero-order valence-electron chi connectivity index (χ0n) is 18.6. The third kappa shape index (κ3) is 3.68. The number of carbonyl (C=O) groups excluding carboxylic acids is 1. The Morgan fingerprint density at radius 1 is 0.969 bits per heavy atom. The molecule has 0 aliphatic heterocycles. The van der Waals surface area contributed by atoms with E-state index in [-0.39, 0.29) is 35.0 Å². The molecule has 0 saturated carbocycles. The maximum Gasteiger partial charge on any atom is 0.200 e. The number of fused-ring (bicyclic) bond motifs is 2. The largest absolute Gasteiger partial charge is 0.507 e. The van der Waals surface area contributed by atoms with Gasteiger partial charge in [0.2, 0.25) is 0 Å². The van der Waals surface area contributed by atoms with Crippen LogP contribution in [0.4, 0.5) is 5.69 Å². The third-order valence-electron chi connectivity index (χ3n) is 5.83. The van der Waals surface area contributed by atoms with E-state index in [4.69, 9.17) is 10.2 Å². The Kier molecular flexibility index (Phi) is 6.05. The molecule has 3 aromatic rings. The van der Waals surface area contributed by atoms with Crippen LogP contribution >= 0.6 is 0 Å². The first-order valence-corrected chi connectivity index (χ1v) is 10.7. The van der Waals surface area contributed by atoms with E-state index in [1.54, 1.807) is 4.68 Å². The van der Waals surface area contributed by atoms with Crippen LogP contribution in [0.5, 0.6) is 11.5 Å². The van der Waals surface area contributed by atoms with E-state index < -0.39 is 0 Å². The number of rotatable bonds is 9. The van der Waals surface area contributed by atoms with Gasteiger partial charge in [-0.2, -0.15) is 5.10 Å². The average molecular weight is 440 g/mol. The lowest BCUT2D eigenvalue weighted by molar-refractivity contribution is 0.103. The summed E-state index contributed by atoms with van der Waals surface area (Å²) in [7, 11) is 5.93. The molecule has 1 aliphatic carbocycles. The highest BCUT2D eigenvalue weighted by molar-refractivity contribution is 6.29. The summed E-state index contributed by atoms with van der Waals surface area (Å²) in [5, 5.41) is 38.7. The Labute approximate surface area is 186 Å². The standard InChI is InChI=1S/C23H29N5O4/c1-26(2)11-12-27(3)14-4-5-15-18-19(14)23(32)21-17(31)7-6-16(30)20(21)22(18)25-28(15)10-8-24-9-13-29/h4-7,24,29-31H,8-13H2,1-3H3. The number of aliphatic hydroxyl groups is 1. The van der Waals surface area contributed by atoms with Gasteiger partial charge in [-0.1, -0.05) is 0 Å². The van der Waals surface area contributed by atoms with E-state index in [0.29, 0.717) is 42.8 Å². The van der Waals surface area contributed by atoms with Crippen LogP contribution in [0, 0.1) is 0 Å². The summed E-state index contributed by atoms with van der Waals surface area (Å²) in [4.78, 5) is 17.8. The first-order chi connectivity index (χ1) is 15.3. The number of likely N-dealkylation sites (N-methyl/N-ethyl adjacent to an activating group) is 2. The van der Waals surface area contributed by atoms with Gasteiger partial charge in [0.1, 0.15) is 17.2 Å².